The van der Waals surface area contributed by atoms with Crippen molar-refractivity contribution in [2.24, 2.45) is 0 Å². The molecular weight excluding hydrogens is 443 g/mol. The first-order valence-electron chi connectivity index (χ1n) is 9.65. The van der Waals surface area contributed by atoms with E-state index < -0.39 is 11.2 Å². The van der Waals surface area contributed by atoms with E-state index in [4.69, 9.17) is 9.72 Å². The fraction of sp³-hybridized carbons (Fsp3) is 0.0800. The number of ether oxygens (including phenoxy) is 1. The number of nitriles is 1. The molecule has 2 aromatic heterocycles. The Bertz CT molecular complexity index is 1270. The summed E-state index contributed by atoms with van der Waals surface area (Å²) in [6.07, 6.45) is 0. The number of esters is 1. The smallest absolute Gasteiger partial charge is 0.323 e. The van der Waals surface area contributed by atoms with Crippen molar-refractivity contribution >= 4 is 29.1 Å². The summed E-state index contributed by atoms with van der Waals surface area (Å²) in [6.45, 7) is 0. The number of methoxy groups -OCH3 is 1. The molecule has 0 aliphatic carbocycles. The number of aromatic nitrogens is 1. The average molecular weight is 461 g/mol. The first-order chi connectivity index (χ1) is 15.6. The van der Waals surface area contributed by atoms with Gasteiger partial charge in [0.1, 0.15) is 22.2 Å². The van der Waals surface area contributed by atoms with Crippen LogP contribution < -0.4 is 0 Å². The number of carbonyl (C=O) groups is 1. The number of thiophene rings is 1. The number of hydrogen-bond acceptors (Lipinski definition) is 6. The second-order valence-electron chi connectivity index (χ2n) is 6.76. The normalized spacial score (nSPS) is 11.5. The molecule has 4 rings (SSSR count). The molecule has 0 spiro atoms. The van der Waals surface area contributed by atoms with E-state index in [1.165, 1.54) is 42.3 Å². The molecular formula is C25H17FN2O2S2. The minimum Gasteiger partial charge on any atom is -0.468 e. The summed E-state index contributed by atoms with van der Waals surface area (Å²) in [5.41, 5.74) is 3.08. The van der Waals surface area contributed by atoms with Crippen LogP contribution in [0, 0.1) is 17.1 Å². The number of carbonyl (C=O) groups excluding carboxylic acids is 1. The van der Waals surface area contributed by atoms with E-state index in [1.54, 1.807) is 12.1 Å². The Labute approximate surface area is 193 Å². The molecule has 32 heavy (non-hydrogen) atoms. The van der Waals surface area contributed by atoms with Gasteiger partial charge in [0.25, 0.3) is 0 Å². The molecule has 2 aromatic carbocycles. The lowest BCUT2D eigenvalue weighted by atomic mass is 10.0. The van der Waals surface area contributed by atoms with Crippen LogP contribution in [0.5, 0.6) is 0 Å². The monoisotopic (exact) mass is 460 g/mol. The minimum atomic E-state index is -0.694. The van der Waals surface area contributed by atoms with Gasteiger partial charge in [0.2, 0.25) is 0 Å². The van der Waals surface area contributed by atoms with Crippen molar-refractivity contribution in [1.29, 1.82) is 5.26 Å². The van der Waals surface area contributed by atoms with Gasteiger partial charge in [-0.15, -0.1) is 11.3 Å². The van der Waals surface area contributed by atoms with Crippen molar-refractivity contribution in [3.05, 3.63) is 95.1 Å². The number of halogens is 1. The van der Waals surface area contributed by atoms with Crippen LogP contribution in [0.1, 0.15) is 16.4 Å². The van der Waals surface area contributed by atoms with Crippen LogP contribution in [0.25, 0.3) is 21.7 Å². The number of rotatable bonds is 6. The second-order valence-corrected chi connectivity index (χ2v) is 8.80. The van der Waals surface area contributed by atoms with Crippen LogP contribution in [0.2, 0.25) is 0 Å². The van der Waals surface area contributed by atoms with Gasteiger partial charge in [-0.05, 0) is 40.8 Å². The van der Waals surface area contributed by atoms with Crippen molar-refractivity contribution in [2.75, 3.05) is 7.11 Å². The Balaban J connectivity index is 1.89. The Morgan fingerprint density at radius 1 is 1.12 bits per heavy atom. The summed E-state index contributed by atoms with van der Waals surface area (Å²) in [5, 5.41) is 11.7. The Kier molecular flexibility index (Phi) is 6.64. The highest BCUT2D eigenvalue weighted by atomic mass is 32.2. The summed E-state index contributed by atoms with van der Waals surface area (Å²) >= 11 is 2.70. The Morgan fingerprint density at radius 3 is 2.50 bits per heavy atom. The molecule has 158 valence electrons. The molecule has 0 fully saturated rings. The molecule has 4 nitrogen and oxygen atoms in total. The van der Waals surface area contributed by atoms with E-state index in [9.17, 15) is 14.4 Å². The molecule has 7 heteroatoms. The van der Waals surface area contributed by atoms with Crippen LogP contribution in [0.15, 0.2) is 83.2 Å². The predicted molar refractivity (Wildman–Crippen MR) is 125 cm³/mol. The number of thioether (sulfide) groups is 1. The molecule has 0 N–H and O–H groups in total. The Hall–Kier alpha value is -3.47. The zero-order chi connectivity index (χ0) is 22.5. The number of pyridine rings is 1. The highest BCUT2D eigenvalue weighted by Gasteiger charge is 2.26. The topological polar surface area (TPSA) is 63.0 Å². The van der Waals surface area contributed by atoms with Crippen molar-refractivity contribution in [2.45, 2.75) is 10.3 Å². The highest BCUT2D eigenvalue weighted by molar-refractivity contribution is 8.00. The molecule has 0 saturated heterocycles. The molecule has 0 saturated carbocycles. The molecule has 0 aliphatic rings. The quantitative estimate of drug-likeness (QED) is 0.243. The summed E-state index contributed by atoms with van der Waals surface area (Å²) in [7, 11) is 1.34. The molecule has 4 aromatic rings. The first kappa shape index (κ1) is 21.8. The van der Waals surface area contributed by atoms with Gasteiger partial charge >= 0.3 is 5.97 Å². The van der Waals surface area contributed by atoms with Gasteiger partial charge in [-0.25, -0.2) is 9.37 Å². The zero-order valence-corrected chi connectivity index (χ0v) is 18.6. The number of hydrogen-bond donors (Lipinski definition) is 0. The molecule has 0 amide bonds. The third kappa shape index (κ3) is 4.57. The van der Waals surface area contributed by atoms with E-state index in [1.807, 2.05) is 53.9 Å². The lowest BCUT2D eigenvalue weighted by Crippen LogP contribution is -2.12. The third-order valence-electron chi connectivity index (χ3n) is 4.77. The first-order valence-corrected chi connectivity index (χ1v) is 11.4. The van der Waals surface area contributed by atoms with Crippen molar-refractivity contribution < 1.29 is 13.9 Å². The van der Waals surface area contributed by atoms with E-state index in [0.29, 0.717) is 27.4 Å². The van der Waals surface area contributed by atoms with Crippen molar-refractivity contribution in [3.63, 3.8) is 0 Å². The van der Waals surface area contributed by atoms with Crippen LogP contribution in [0.3, 0.4) is 0 Å². The van der Waals surface area contributed by atoms with Gasteiger partial charge in [-0.3, -0.25) is 4.79 Å². The van der Waals surface area contributed by atoms with Crippen molar-refractivity contribution in [3.8, 4) is 27.8 Å². The maximum atomic E-state index is 13.5. The van der Waals surface area contributed by atoms with E-state index in [2.05, 4.69) is 6.07 Å². The maximum absolute atomic E-state index is 13.5. The lowest BCUT2D eigenvalue weighted by molar-refractivity contribution is -0.140. The molecule has 1 atom stereocenters. The Morgan fingerprint density at radius 2 is 1.88 bits per heavy atom. The highest BCUT2D eigenvalue weighted by Crippen LogP contribution is 2.41. The zero-order valence-electron chi connectivity index (χ0n) is 17.0. The van der Waals surface area contributed by atoms with Crippen molar-refractivity contribution in [1.82, 2.24) is 4.98 Å². The number of benzene rings is 2. The van der Waals surface area contributed by atoms with Gasteiger partial charge in [-0.1, -0.05) is 60.3 Å². The van der Waals surface area contributed by atoms with Crippen LogP contribution in [-0.4, -0.2) is 18.1 Å². The summed E-state index contributed by atoms with van der Waals surface area (Å²) in [4.78, 5) is 18.3. The fourth-order valence-electron chi connectivity index (χ4n) is 3.22. The molecule has 0 radical (unpaired) electrons. The number of nitrogens with zero attached hydrogens (tertiary/aromatic N) is 2. The summed E-state index contributed by atoms with van der Waals surface area (Å²) in [5.74, 6) is -0.791. The molecule has 2 heterocycles. The summed E-state index contributed by atoms with van der Waals surface area (Å²) < 4.78 is 18.6. The molecule has 0 bridgehead atoms. The SMILES string of the molecule is COC(=O)C(Sc1nc(-c2cccs2)cc(-c2ccc(F)cc2)c1C#N)c1ccccc1. The van der Waals surface area contributed by atoms with Gasteiger partial charge in [0.15, 0.2) is 0 Å². The van der Waals surface area contributed by atoms with Crippen LogP contribution in [0.4, 0.5) is 4.39 Å². The standard InChI is InChI=1S/C25H17FN2O2S2/c1-30-25(29)23(17-6-3-2-4-7-17)32-24-20(15-27)19(16-9-11-18(26)12-10-16)14-21(28-24)22-8-5-13-31-22/h2-14,23H,1H3. The summed E-state index contributed by atoms with van der Waals surface area (Å²) in [6, 6.07) is 23.1. The fourth-order valence-corrected chi connectivity index (χ4v) is 5.04. The van der Waals surface area contributed by atoms with E-state index in [-0.39, 0.29) is 5.82 Å². The van der Waals surface area contributed by atoms with E-state index in [0.717, 1.165) is 10.4 Å². The van der Waals surface area contributed by atoms with E-state index >= 15 is 0 Å². The predicted octanol–water partition coefficient (Wildman–Crippen LogP) is 6.49. The van der Waals surface area contributed by atoms with Gasteiger partial charge in [0, 0.05) is 5.56 Å². The van der Waals surface area contributed by atoms with Gasteiger partial charge in [-0.2, -0.15) is 5.26 Å². The largest absolute Gasteiger partial charge is 0.468 e. The maximum Gasteiger partial charge on any atom is 0.323 e. The second kappa shape index (κ2) is 9.77. The third-order valence-corrected chi connectivity index (χ3v) is 6.89. The minimum absolute atomic E-state index is 0.326. The van der Waals surface area contributed by atoms with Gasteiger partial charge < -0.3 is 4.74 Å². The average Bonchev–Trinajstić information content (AvgIpc) is 3.37. The van der Waals surface area contributed by atoms with Crippen LogP contribution in [-0.2, 0) is 9.53 Å². The molecule has 1 unspecified atom stereocenters. The van der Waals surface area contributed by atoms with Crippen LogP contribution >= 0.6 is 23.1 Å². The molecule has 0 aliphatic heterocycles. The lowest BCUT2D eigenvalue weighted by Gasteiger charge is -2.17. The van der Waals surface area contributed by atoms with Gasteiger partial charge in [0.05, 0.1) is 23.2 Å².